The normalized spacial score (nSPS) is 11.8. The Labute approximate surface area is 124 Å². The number of aliphatic hydroxyl groups is 1. The minimum absolute atomic E-state index is 0.0196. The van der Waals surface area contributed by atoms with Crippen molar-refractivity contribution < 1.29 is 9.52 Å². The van der Waals surface area contributed by atoms with Gasteiger partial charge in [-0.25, -0.2) is 9.78 Å². The molecule has 21 heavy (non-hydrogen) atoms. The molecule has 0 unspecified atom stereocenters. The largest absolute Gasteiger partial charge is 0.507 e. The van der Waals surface area contributed by atoms with Gasteiger partial charge in [-0.3, -0.25) is 0 Å². The van der Waals surface area contributed by atoms with E-state index in [0.717, 1.165) is 0 Å². The van der Waals surface area contributed by atoms with E-state index in [9.17, 15) is 9.90 Å². The van der Waals surface area contributed by atoms with E-state index in [4.69, 9.17) is 16.0 Å². The van der Waals surface area contributed by atoms with Crippen LogP contribution in [0.3, 0.4) is 0 Å². The van der Waals surface area contributed by atoms with Gasteiger partial charge in [-0.15, -0.1) is 0 Å². The second kappa shape index (κ2) is 5.42. The zero-order valence-corrected chi connectivity index (χ0v) is 11.5. The smallest absolute Gasteiger partial charge is 0.362 e. The van der Waals surface area contributed by atoms with E-state index in [2.05, 4.69) is 4.98 Å². The average Bonchev–Trinajstić information content (AvgIpc) is 2.48. The Hall–Kier alpha value is -2.59. The van der Waals surface area contributed by atoms with Crippen LogP contribution in [0, 0.1) is 0 Å². The minimum Gasteiger partial charge on any atom is -0.507 e. The Morgan fingerprint density at radius 3 is 2.67 bits per heavy atom. The first-order chi connectivity index (χ1) is 10.1. The van der Waals surface area contributed by atoms with Gasteiger partial charge in [-0.05, 0) is 24.3 Å². The third-order valence-electron chi connectivity index (χ3n) is 2.94. The van der Waals surface area contributed by atoms with E-state index in [0.29, 0.717) is 21.7 Å². The fourth-order valence-corrected chi connectivity index (χ4v) is 2.16. The summed E-state index contributed by atoms with van der Waals surface area (Å²) in [4.78, 5) is 16.1. The zero-order chi connectivity index (χ0) is 14.8. The average molecular weight is 300 g/mol. The lowest BCUT2D eigenvalue weighted by atomic mass is 10.1. The number of fused-ring (bicyclic) bond motifs is 1. The number of nitrogens with zero attached hydrogens (tertiary/aromatic N) is 1. The molecule has 0 radical (unpaired) electrons. The van der Waals surface area contributed by atoms with Crippen LogP contribution in [0.5, 0.6) is 0 Å². The van der Waals surface area contributed by atoms with Gasteiger partial charge in [0, 0.05) is 11.6 Å². The highest BCUT2D eigenvalue weighted by Crippen LogP contribution is 2.23. The number of aliphatic hydroxyl groups excluding tert-OH is 1. The monoisotopic (exact) mass is 299 g/mol. The van der Waals surface area contributed by atoms with Gasteiger partial charge < -0.3 is 9.52 Å². The maximum atomic E-state index is 11.9. The maximum absolute atomic E-state index is 11.9. The molecule has 4 nitrogen and oxygen atoms in total. The Morgan fingerprint density at radius 2 is 1.86 bits per heavy atom. The van der Waals surface area contributed by atoms with Crippen molar-refractivity contribution >= 4 is 34.5 Å². The Kier molecular flexibility index (Phi) is 3.46. The Balaban J connectivity index is 2.13. The third-order valence-corrected chi connectivity index (χ3v) is 3.27. The highest BCUT2D eigenvalue weighted by atomic mass is 35.5. The van der Waals surface area contributed by atoms with Crippen LogP contribution in [0.4, 0.5) is 0 Å². The lowest BCUT2D eigenvalue weighted by Crippen LogP contribution is -2.06. The molecule has 0 aliphatic carbocycles. The standard InChI is InChI=1S/C16H10ClNO3/c17-11-6-2-1-5-10(11)14(19)9-13-16(20)21-15-8-4-3-7-12(15)18-13/h1-9,19H/b14-9-. The third kappa shape index (κ3) is 2.66. The number of aromatic nitrogens is 1. The molecular weight excluding hydrogens is 290 g/mol. The molecule has 1 N–H and O–H groups in total. The summed E-state index contributed by atoms with van der Waals surface area (Å²) in [5.74, 6) is -0.143. The molecule has 1 aromatic heterocycles. The summed E-state index contributed by atoms with van der Waals surface area (Å²) in [6.45, 7) is 0. The minimum atomic E-state index is -0.618. The summed E-state index contributed by atoms with van der Waals surface area (Å²) >= 11 is 6.00. The predicted molar refractivity (Wildman–Crippen MR) is 82.2 cm³/mol. The van der Waals surface area contributed by atoms with E-state index in [1.807, 2.05) is 0 Å². The van der Waals surface area contributed by atoms with Crippen molar-refractivity contribution in [1.29, 1.82) is 0 Å². The van der Waals surface area contributed by atoms with Crippen LogP contribution in [0.2, 0.25) is 5.02 Å². The van der Waals surface area contributed by atoms with E-state index < -0.39 is 5.63 Å². The van der Waals surface area contributed by atoms with Gasteiger partial charge in [0.2, 0.25) is 0 Å². The number of hydrogen-bond donors (Lipinski definition) is 1. The molecule has 0 bridgehead atoms. The summed E-state index contributed by atoms with van der Waals surface area (Å²) in [6.07, 6.45) is 1.25. The van der Waals surface area contributed by atoms with Gasteiger partial charge in [-0.1, -0.05) is 35.9 Å². The summed E-state index contributed by atoms with van der Waals surface area (Å²) in [5, 5.41) is 10.5. The SMILES string of the molecule is O=c1oc2ccccc2nc1/C=C(\O)c1ccccc1Cl. The van der Waals surface area contributed by atoms with Crippen molar-refractivity contribution in [3.8, 4) is 0 Å². The van der Waals surface area contributed by atoms with Crippen LogP contribution in [0.25, 0.3) is 22.9 Å². The number of para-hydroxylation sites is 2. The van der Waals surface area contributed by atoms with Crippen molar-refractivity contribution in [2.45, 2.75) is 0 Å². The molecule has 0 saturated heterocycles. The van der Waals surface area contributed by atoms with E-state index in [1.54, 1.807) is 48.5 Å². The lowest BCUT2D eigenvalue weighted by molar-refractivity contribution is 0.514. The summed E-state index contributed by atoms with van der Waals surface area (Å²) < 4.78 is 5.15. The molecule has 3 aromatic rings. The molecule has 5 heteroatoms. The molecule has 104 valence electrons. The number of halogens is 1. The second-order valence-electron chi connectivity index (χ2n) is 4.36. The van der Waals surface area contributed by atoms with Crippen molar-refractivity contribution in [2.24, 2.45) is 0 Å². The van der Waals surface area contributed by atoms with Gasteiger partial charge in [0.1, 0.15) is 11.3 Å². The van der Waals surface area contributed by atoms with Crippen LogP contribution < -0.4 is 5.63 Å². The Morgan fingerprint density at radius 1 is 1.14 bits per heavy atom. The molecule has 0 aliphatic rings. The number of benzene rings is 2. The summed E-state index contributed by atoms with van der Waals surface area (Å²) in [5.41, 5.74) is 0.763. The van der Waals surface area contributed by atoms with Crippen LogP contribution in [-0.4, -0.2) is 10.1 Å². The van der Waals surface area contributed by atoms with Gasteiger partial charge in [-0.2, -0.15) is 0 Å². The summed E-state index contributed by atoms with van der Waals surface area (Å²) in [7, 11) is 0. The van der Waals surface area contributed by atoms with Crippen molar-refractivity contribution in [3.05, 3.63) is 75.2 Å². The first-order valence-corrected chi connectivity index (χ1v) is 6.58. The van der Waals surface area contributed by atoms with Crippen LogP contribution in [0.15, 0.2) is 57.7 Å². The summed E-state index contributed by atoms with van der Waals surface area (Å²) in [6, 6.07) is 13.7. The van der Waals surface area contributed by atoms with Crippen LogP contribution >= 0.6 is 11.6 Å². The molecule has 2 aromatic carbocycles. The van der Waals surface area contributed by atoms with Gasteiger partial charge in [0.25, 0.3) is 0 Å². The van der Waals surface area contributed by atoms with Crippen molar-refractivity contribution in [3.63, 3.8) is 0 Å². The van der Waals surface area contributed by atoms with E-state index in [1.165, 1.54) is 6.08 Å². The quantitative estimate of drug-likeness (QED) is 0.729. The molecule has 1 heterocycles. The second-order valence-corrected chi connectivity index (χ2v) is 4.77. The highest BCUT2D eigenvalue weighted by Gasteiger charge is 2.09. The fourth-order valence-electron chi connectivity index (χ4n) is 1.93. The lowest BCUT2D eigenvalue weighted by Gasteiger charge is -2.03. The molecular formula is C16H10ClNO3. The van der Waals surface area contributed by atoms with Crippen molar-refractivity contribution in [1.82, 2.24) is 4.98 Å². The van der Waals surface area contributed by atoms with Gasteiger partial charge >= 0.3 is 5.63 Å². The maximum Gasteiger partial charge on any atom is 0.362 e. The molecule has 0 amide bonds. The van der Waals surface area contributed by atoms with Crippen LogP contribution in [0.1, 0.15) is 11.3 Å². The molecule has 0 aliphatic heterocycles. The van der Waals surface area contributed by atoms with Crippen LogP contribution in [-0.2, 0) is 0 Å². The number of rotatable bonds is 2. The van der Waals surface area contributed by atoms with E-state index in [-0.39, 0.29) is 11.5 Å². The van der Waals surface area contributed by atoms with Crippen molar-refractivity contribution in [2.75, 3.05) is 0 Å². The Bertz CT molecular complexity index is 899. The molecule has 0 atom stereocenters. The molecule has 3 rings (SSSR count). The number of hydrogen-bond acceptors (Lipinski definition) is 4. The topological polar surface area (TPSA) is 63.3 Å². The first kappa shape index (κ1) is 13.4. The molecule has 0 saturated carbocycles. The predicted octanol–water partition coefficient (Wildman–Crippen LogP) is 3.90. The van der Waals surface area contributed by atoms with Gasteiger partial charge in [0.05, 0.1) is 5.02 Å². The molecule has 0 fully saturated rings. The zero-order valence-electron chi connectivity index (χ0n) is 10.8. The first-order valence-electron chi connectivity index (χ1n) is 6.20. The van der Waals surface area contributed by atoms with E-state index >= 15 is 0 Å². The molecule has 0 spiro atoms. The fraction of sp³-hybridized carbons (Fsp3) is 0. The highest BCUT2D eigenvalue weighted by molar-refractivity contribution is 6.32. The van der Waals surface area contributed by atoms with Gasteiger partial charge in [0.15, 0.2) is 11.3 Å².